The molecule has 0 N–H and O–H groups in total. The van der Waals surface area contributed by atoms with E-state index in [1.807, 2.05) is 0 Å². The number of hydrogen-bond acceptors (Lipinski definition) is 3. The van der Waals surface area contributed by atoms with Crippen LogP contribution in [0.5, 0.6) is 0 Å². The molecule has 0 saturated carbocycles. The summed E-state index contributed by atoms with van der Waals surface area (Å²) in [5, 5.41) is 3.96. The first-order valence-electron chi connectivity index (χ1n) is 2.82. The number of hydrogen-bond donors (Lipinski definition) is 0. The second kappa shape index (κ2) is 1.70. The second-order valence-corrected chi connectivity index (χ2v) is 1.84. The van der Waals surface area contributed by atoms with Gasteiger partial charge in [-0.15, -0.1) is 5.10 Å². The van der Waals surface area contributed by atoms with Crippen molar-refractivity contribution in [2.75, 3.05) is 0 Å². The molecule has 0 amide bonds. The maximum absolute atomic E-state index is 4.85. The van der Waals surface area contributed by atoms with Crippen molar-refractivity contribution in [2.45, 2.75) is 0 Å². The van der Waals surface area contributed by atoms with Crippen LogP contribution in [-0.4, -0.2) is 14.8 Å². The van der Waals surface area contributed by atoms with E-state index in [2.05, 4.69) is 16.7 Å². The topological polar surface area (TPSA) is 43.3 Å². The molecule has 0 aliphatic heterocycles. The molecule has 0 unspecified atom stereocenters. The van der Waals surface area contributed by atoms with Crippen LogP contribution in [-0.2, 0) is 0 Å². The van der Waals surface area contributed by atoms with E-state index < -0.39 is 0 Å². The van der Waals surface area contributed by atoms with Gasteiger partial charge in [0.1, 0.15) is 0 Å². The van der Waals surface area contributed by atoms with Gasteiger partial charge in [0.05, 0.1) is 5.69 Å². The fourth-order valence-electron chi connectivity index (χ4n) is 0.759. The van der Waals surface area contributed by atoms with Gasteiger partial charge in [-0.1, -0.05) is 11.3 Å². The highest BCUT2D eigenvalue weighted by Gasteiger charge is 1.99. The van der Waals surface area contributed by atoms with E-state index >= 15 is 0 Å². The van der Waals surface area contributed by atoms with Crippen molar-refractivity contribution in [2.24, 2.45) is 0 Å². The lowest BCUT2D eigenvalue weighted by Crippen LogP contribution is -1.78. The summed E-state index contributed by atoms with van der Waals surface area (Å²) >= 11 is 0. The minimum Gasteiger partial charge on any atom is -0.344 e. The van der Waals surface area contributed by atoms with Gasteiger partial charge in [-0.3, -0.25) is 0 Å². The fraction of sp³-hybridized carbons (Fsp3) is 0. The summed E-state index contributed by atoms with van der Waals surface area (Å²) in [4.78, 5) is 3.87. The minimum absolute atomic E-state index is 0.704. The molecule has 0 bridgehead atoms. The van der Waals surface area contributed by atoms with Gasteiger partial charge < -0.3 is 4.52 Å². The van der Waals surface area contributed by atoms with E-state index in [0.29, 0.717) is 5.65 Å². The van der Waals surface area contributed by atoms with E-state index in [0.717, 1.165) is 5.69 Å². The molecule has 0 fully saturated rings. The van der Waals surface area contributed by atoms with Crippen LogP contribution in [0.1, 0.15) is 5.69 Å². The molecule has 0 saturated heterocycles. The van der Waals surface area contributed by atoms with E-state index in [-0.39, 0.29) is 0 Å². The molecule has 2 rings (SSSR count). The lowest BCUT2D eigenvalue weighted by Gasteiger charge is -1.74. The Hall–Kier alpha value is -1.58. The van der Waals surface area contributed by atoms with Gasteiger partial charge in [0.15, 0.2) is 5.65 Å². The summed E-state index contributed by atoms with van der Waals surface area (Å²) in [7, 11) is 0. The van der Waals surface area contributed by atoms with Crippen molar-refractivity contribution >= 4 is 11.7 Å². The standard InChI is InChI=1S/C6H5N3O/c1-2-5-3-6-7-4-10-9(6)8-5/h2-4H,1H2. The van der Waals surface area contributed by atoms with Crippen LogP contribution in [0.2, 0.25) is 0 Å². The molecule has 2 aromatic rings. The third-order valence-corrected chi connectivity index (χ3v) is 1.22. The Balaban J connectivity index is 2.78. The molecule has 50 valence electrons. The van der Waals surface area contributed by atoms with Gasteiger partial charge in [0.25, 0.3) is 0 Å². The third kappa shape index (κ3) is 0.556. The highest BCUT2D eigenvalue weighted by molar-refractivity contribution is 5.49. The van der Waals surface area contributed by atoms with Crippen molar-refractivity contribution < 1.29 is 4.52 Å². The largest absolute Gasteiger partial charge is 0.344 e. The van der Waals surface area contributed by atoms with Gasteiger partial charge in [0, 0.05) is 6.07 Å². The molecule has 0 atom stereocenters. The van der Waals surface area contributed by atoms with Crippen molar-refractivity contribution in [1.29, 1.82) is 0 Å². The number of fused-ring (bicyclic) bond motifs is 1. The monoisotopic (exact) mass is 135 g/mol. The molecule has 2 heterocycles. The summed E-state index contributed by atoms with van der Waals surface area (Å²) in [6, 6.07) is 1.79. The lowest BCUT2D eigenvalue weighted by molar-refractivity contribution is 0.335. The first kappa shape index (κ1) is 5.22. The lowest BCUT2D eigenvalue weighted by atomic mass is 10.4. The summed E-state index contributed by atoms with van der Waals surface area (Å²) < 4.78 is 6.19. The molecule has 0 radical (unpaired) electrons. The number of nitrogens with zero attached hydrogens (tertiary/aromatic N) is 3. The average molecular weight is 135 g/mol. The Morgan fingerprint density at radius 2 is 2.60 bits per heavy atom. The van der Waals surface area contributed by atoms with E-state index in [1.165, 1.54) is 11.1 Å². The SMILES string of the molecule is C=Cc1cc2ncon2n1. The van der Waals surface area contributed by atoms with Crippen molar-refractivity contribution in [1.82, 2.24) is 14.8 Å². The summed E-state index contributed by atoms with van der Waals surface area (Å²) in [6.45, 7) is 3.56. The van der Waals surface area contributed by atoms with Gasteiger partial charge >= 0.3 is 0 Å². The average Bonchev–Trinajstić information content (AvgIpc) is 2.42. The fourth-order valence-corrected chi connectivity index (χ4v) is 0.759. The zero-order valence-corrected chi connectivity index (χ0v) is 5.19. The van der Waals surface area contributed by atoms with Gasteiger partial charge in [-0.2, -0.15) is 4.98 Å². The number of aromatic nitrogens is 3. The Kier molecular flexibility index (Phi) is 0.887. The first-order chi connectivity index (χ1) is 4.90. The van der Waals surface area contributed by atoms with Gasteiger partial charge in [-0.05, 0) is 6.08 Å². The highest BCUT2D eigenvalue weighted by Crippen LogP contribution is 2.03. The van der Waals surface area contributed by atoms with E-state index in [9.17, 15) is 0 Å². The third-order valence-electron chi connectivity index (χ3n) is 1.22. The molecule has 0 aliphatic rings. The Morgan fingerprint density at radius 3 is 3.30 bits per heavy atom. The highest BCUT2D eigenvalue weighted by atomic mass is 16.5. The quantitative estimate of drug-likeness (QED) is 0.585. The van der Waals surface area contributed by atoms with E-state index in [1.54, 1.807) is 12.1 Å². The minimum atomic E-state index is 0.704. The molecule has 4 heteroatoms. The van der Waals surface area contributed by atoms with Crippen molar-refractivity contribution in [3.8, 4) is 0 Å². The summed E-state index contributed by atoms with van der Waals surface area (Å²) in [5.74, 6) is 0. The summed E-state index contributed by atoms with van der Waals surface area (Å²) in [6.07, 6.45) is 2.99. The molecular formula is C6H5N3O. The zero-order valence-electron chi connectivity index (χ0n) is 5.19. The van der Waals surface area contributed by atoms with Crippen LogP contribution >= 0.6 is 0 Å². The van der Waals surface area contributed by atoms with Crippen LogP contribution in [0.4, 0.5) is 0 Å². The molecule has 0 spiro atoms. The molecular weight excluding hydrogens is 130 g/mol. The Morgan fingerprint density at radius 1 is 1.70 bits per heavy atom. The Labute approximate surface area is 56.7 Å². The summed E-state index contributed by atoms with van der Waals surface area (Å²) in [5.41, 5.74) is 1.47. The normalized spacial score (nSPS) is 10.4. The second-order valence-electron chi connectivity index (χ2n) is 1.84. The van der Waals surface area contributed by atoms with Crippen LogP contribution in [0, 0.1) is 0 Å². The molecule has 4 nitrogen and oxygen atoms in total. The smallest absolute Gasteiger partial charge is 0.214 e. The van der Waals surface area contributed by atoms with Crippen LogP contribution in [0.25, 0.3) is 11.7 Å². The van der Waals surface area contributed by atoms with Crippen LogP contribution in [0.15, 0.2) is 23.6 Å². The van der Waals surface area contributed by atoms with Gasteiger partial charge in [0.2, 0.25) is 6.39 Å². The van der Waals surface area contributed by atoms with E-state index in [4.69, 9.17) is 4.52 Å². The zero-order chi connectivity index (χ0) is 6.97. The Bertz CT molecular complexity index is 331. The maximum atomic E-state index is 4.85. The van der Waals surface area contributed by atoms with Crippen LogP contribution < -0.4 is 0 Å². The van der Waals surface area contributed by atoms with Crippen molar-refractivity contribution in [3.05, 3.63) is 24.7 Å². The number of rotatable bonds is 1. The molecule has 0 aromatic carbocycles. The maximum Gasteiger partial charge on any atom is 0.214 e. The van der Waals surface area contributed by atoms with Crippen LogP contribution in [0.3, 0.4) is 0 Å². The molecule has 0 aliphatic carbocycles. The molecule has 2 aromatic heterocycles. The predicted molar refractivity (Wildman–Crippen MR) is 35.3 cm³/mol. The first-order valence-corrected chi connectivity index (χ1v) is 2.82. The molecule has 10 heavy (non-hydrogen) atoms. The van der Waals surface area contributed by atoms with Gasteiger partial charge in [-0.25, -0.2) is 0 Å². The predicted octanol–water partition coefficient (Wildman–Crippen LogP) is 0.965. The van der Waals surface area contributed by atoms with Crippen molar-refractivity contribution in [3.63, 3.8) is 0 Å².